The molecule has 0 saturated carbocycles. The predicted octanol–water partition coefficient (Wildman–Crippen LogP) is 2.80. The highest BCUT2D eigenvalue weighted by Crippen LogP contribution is 2.32. The van der Waals surface area contributed by atoms with E-state index in [0.717, 1.165) is 62.0 Å². The number of hydrogen-bond donors (Lipinski definition) is 0. The summed E-state index contributed by atoms with van der Waals surface area (Å²) in [6.07, 6.45) is 0. The van der Waals surface area contributed by atoms with Crippen molar-refractivity contribution in [2.75, 3.05) is 53.6 Å². The maximum absolute atomic E-state index is 5.96. The lowest BCUT2D eigenvalue weighted by molar-refractivity contribution is 0.0136. The molecule has 1 aromatic rings. The molecule has 0 amide bonds. The van der Waals surface area contributed by atoms with Crippen molar-refractivity contribution < 1.29 is 14.2 Å². The van der Waals surface area contributed by atoms with E-state index in [4.69, 9.17) is 14.2 Å². The lowest BCUT2D eigenvalue weighted by atomic mass is 10.1. The summed E-state index contributed by atoms with van der Waals surface area (Å²) in [5.74, 6) is 1.59. The lowest BCUT2D eigenvalue weighted by Crippen LogP contribution is -2.46. The Morgan fingerprint density at radius 1 is 1.36 bits per heavy atom. The molecular formula is C20H32N2O3. The molecule has 1 aromatic carbocycles. The number of nitrogens with zero attached hydrogens (tertiary/aromatic N) is 2. The smallest absolute Gasteiger partial charge is 0.166 e. The molecule has 1 fully saturated rings. The quantitative estimate of drug-likeness (QED) is 0.641. The van der Waals surface area contributed by atoms with Crippen LogP contribution in [0.5, 0.6) is 11.5 Å². The summed E-state index contributed by atoms with van der Waals surface area (Å²) in [5, 5.41) is 0. The van der Waals surface area contributed by atoms with E-state index >= 15 is 0 Å². The fourth-order valence-corrected chi connectivity index (χ4v) is 3.15. The maximum atomic E-state index is 5.96. The normalized spacial score (nSPS) is 16.7. The van der Waals surface area contributed by atoms with Gasteiger partial charge >= 0.3 is 0 Å². The Hall–Kier alpha value is -1.56. The molecule has 1 atom stereocenters. The Labute approximate surface area is 152 Å². The summed E-state index contributed by atoms with van der Waals surface area (Å²) in [6, 6.07) is 6.56. The van der Waals surface area contributed by atoms with E-state index in [1.807, 2.05) is 19.1 Å². The molecular weight excluding hydrogens is 316 g/mol. The molecule has 1 unspecified atom stereocenters. The van der Waals surface area contributed by atoms with Gasteiger partial charge in [0.05, 0.1) is 20.3 Å². The standard InChI is InChI=1S/C20H32N2O3/c1-16(2)15-25-20-18(7-6-8-19(20)23-5)14-21(4)13-17(3)22-9-11-24-12-10-22/h6-8,17H,1,9-15H2,2-5H3. The third-order valence-corrected chi connectivity index (χ3v) is 4.43. The summed E-state index contributed by atoms with van der Waals surface area (Å²) in [6.45, 7) is 14.2. The first-order valence-electron chi connectivity index (χ1n) is 8.94. The van der Waals surface area contributed by atoms with Gasteiger partial charge in [-0.2, -0.15) is 0 Å². The minimum absolute atomic E-state index is 0.499. The fraction of sp³-hybridized carbons (Fsp3) is 0.600. The molecule has 0 N–H and O–H groups in total. The number of benzene rings is 1. The van der Waals surface area contributed by atoms with Gasteiger partial charge in [0.25, 0.3) is 0 Å². The van der Waals surface area contributed by atoms with E-state index in [9.17, 15) is 0 Å². The third kappa shape index (κ3) is 6.03. The monoisotopic (exact) mass is 348 g/mol. The number of hydrogen-bond acceptors (Lipinski definition) is 5. The van der Waals surface area contributed by atoms with Gasteiger partial charge in [0.1, 0.15) is 6.61 Å². The number of morpholine rings is 1. The van der Waals surface area contributed by atoms with Crippen LogP contribution in [0.25, 0.3) is 0 Å². The first-order chi connectivity index (χ1) is 12.0. The number of rotatable bonds is 9. The van der Waals surface area contributed by atoms with Crippen LogP contribution in [0.4, 0.5) is 0 Å². The summed E-state index contributed by atoms with van der Waals surface area (Å²) in [4.78, 5) is 4.83. The SMILES string of the molecule is C=C(C)COc1c(CN(C)CC(C)N2CCOCC2)cccc1OC. The van der Waals surface area contributed by atoms with E-state index in [1.54, 1.807) is 7.11 Å². The van der Waals surface area contributed by atoms with Crippen LogP contribution in [-0.4, -0.2) is 69.5 Å². The van der Waals surface area contributed by atoms with Crippen LogP contribution >= 0.6 is 0 Å². The maximum Gasteiger partial charge on any atom is 0.166 e. The molecule has 0 aromatic heterocycles. The zero-order chi connectivity index (χ0) is 18.2. The summed E-state index contributed by atoms with van der Waals surface area (Å²) in [5.41, 5.74) is 2.13. The molecule has 5 nitrogen and oxygen atoms in total. The van der Waals surface area contributed by atoms with Crippen molar-refractivity contribution in [2.24, 2.45) is 0 Å². The van der Waals surface area contributed by atoms with Crippen molar-refractivity contribution in [3.8, 4) is 11.5 Å². The van der Waals surface area contributed by atoms with Gasteiger partial charge in [0.15, 0.2) is 11.5 Å². The molecule has 0 bridgehead atoms. The highest BCUT2D eigenvalue weighted by atomic mass is 16.5. The Balaban J connectivity index is 2.00. The van der Waals surface area contributed by atoms with E-state index in [2.05, 4.69) is 36.4 Å². The minimum Gasteiger partial charge on any atom is -0.493 e. The van der Waals surface area contributed by atoms with Gasteiger partial charge in [-0.15, -0.1) is 0 Å². The number of para-hydroxylation sites is 1. The molecule has 0 spiro atoms. The van der Waals surface area contributed by atoms with Crippen molar-refractivity contribution in [1.82, 2.24) is 9.80 Å². The molecule has 1 heterocycles. The third-order valence-electron chi connectivity index (χ3n) is 4.43. The molecule has 1 saturated heterocycles. The van der Waals surface area contributed by atoms with Crippen molar-refractivity contribution in [3.63, 3.8) is 0 Å². The van der Waals surface area contributed by atoms with Crippen LogP contribution < -0.4 is 9.47 Å². The molecule has 0 aliphatic carbocycles. The van der Waals surface area contributed by atoms with Gasteiger partial charge < -0.3 is 19.1 Å². The molecule has 2 rings (SSSR count). The van der Waals surface area contributed by atoms with Gasteiger partial charge in [-0.25, -0.2) is 0 Å². The van der Waals surface area contributed by atoms with Crippen molar-refractivity contribution in [1.29, 1.82) is 0 Å². The van der Waals surface area contributed by atoms with Crippen LogP contribution in [0.1, 0.15) is 19.4 Å². The van der Waals surface area contributed by atoms with Crippen LogP contribution in [0.15, 0.2) is 30.4 Å². The van der Waals surface area contributed by atoms with Crippen molar-refractivity contribution in [3.05, 3.63) is 35.9 Å². The van der Waals surface area contributed by atoms with Gasteiger partial charge in [-0.1, -0.05) is 18.7 Å². The van der Waals surface area contributed by atoms with Crippen LogP contribution in [0.2, 0.25) is 0 Å². The zero-order valence-corrected chi connectivity index (χ0v) is 16.1. The fourth-order valence-electron chi connectivity index (χ4n) is 3.15. The Morgan fingerprint density at radius 3 is 2.72 bits per heavy atom. The highest BCUT2D eigenvalue weighted by molar-refractivity contribution is 5.46. The van der Waals surface area contributed by atoms with E-state index in [1.165, 1.54) is 0 Å². The Kier molecular flexibility index (Phi) is 7.75. The number of likely N-dealkylation sites (N-methyl/N-ethyl adjacent to an activating group) is 1. The van der Waals surface area contributed by atoms with Crippen LogP contribution in [-0.2, 0) is 11.3 Å². The molecule has 5 heteroatoms. The zero-order valence-electron chi connectivity index (χ0n) is 16.1. The average molecular weight is 348 g/mol. The first-order valence-corrected chi connectivity index (χ1v) is 8.94. The second-order valence-corrected chi connectivity index (χ2v) is 6.89. The van der Waals surface area contributed by atoms with Gasteiger partial charge in [0, 0.05) is 37.8 Å². The van der Waals surface area contributed by atoms with Gasteiger partial charge in [-0.05, 0) is 32.5 Å². The second kappa shape index (κ2) is 9.80. The molecule has 25 heavy (non-hydrogen) atoms. The average Bonchev–Trinajstić information content (AvgIpc) is 2.60. The first kappa shape index (κ1) is 19.8. The molecule has 1 aliphatic rings. The number of ether oxygens (including phenoxy) is 3. The van der Waals surface area contributed by atoms with Crippen LogP contribution in [0.3, 0.4) is 0 Å². The summed E-state index contributed by atoms with van der Waals surface area (Å²) < 4.78 is 16.9. The van der Waals surface area contributed by atoms with Crippen LogP contribution in [0, 0.1) is 0 Å². The Morgan fingerprint density at radius 2 is 2.08 bits per heavy atom. The second-order valence-electron chi connectivity index (χ2n) is 6.89. The van der Waals surface area contributed by atoms with Crippen molar-refractivity contribution in [2.45, 2.75) is 26.4 Å². The molecule has 140 valence electrons. The van der Waals surface area contributed by atoms with E-state index < -0.39 is 0 Å². The largest absolute Gasteiger partial charge is 0.493 e. The number of methoxy groups -OCH3 is 1. The minimum atomic E-state index is 0.499. The van der Waals surface area contributed by atoms with Gasteiger partial charge in [-0.3, -0.25) is 4.90 Å². The van der Waals surface area contributed by atoms with E-state index in [-0.39, 0.29) is 0 Å². The Bertz CT molecular complexity index is 556. The molecule has 1 aliphatic heterocycles. The van der Waals surface area contributed by atoms with E-state index in [0.29, 0.717) is 12.6 Å². The van der Waals surface area contributed by atoms with Crippen molar-refractivity contribution >= 4 is 0 Å². The topological polar surface area (TPSA) is 34.2 Å². The highest BCUT2D eigenvalue weighted by Gasteiger charge is 2.19. The predicted molar refractivity (Wildman–Crippen MR) is 101 cm³/mol. The lowest BCUT2D eigenvalue weighted by Gasteiger charge is -2.34. The molecule has 0 radical (unpaired) electrons. The summed E-state index contributed by atoms with van der Waals surface area (Å²) >= 11 is 0. The van der Waals surface area contributed by atoms with Gasteiger partial charge in [0.2, 0.25) is 0 Å². The summed E-state index contributed by atoms with van der Waals surface area (Å²) in [7, 11) is 3.83.